The summed E-state index contributed by atoms with van der Waals surface area (Å²) in [6, 6.07) is -0.0943. The summed E-state index contributed by atoms with van der Waals surface area (Å²) in [7, 11) is 1.89. The first-order valence-corrected chi connectivity index (χ1v) is 8.02. The largest absolute Gasteiger partial charge is 0.346 e. The number of likely N-dealkylation sites (tertiary alicyclic amines) is 1. The summed E-state index contributed by atoms with van der Waals surface area (Å²) >= 11 is 0. The number of hydrogen-bond acceptors (Lipinski definition) is 4. The molecule has 1 saturated heterocycles. The van der Waals surface area contributed by atoms with E-state index in [4.69, 9.17) is 0 Å². The van der Waals surface area contributed by atoms with Crippen molar-refractivity contribution in [3.8, 4) is 0 Å². The highest BCUT2D eigenvalue weighted by Crippen LogP contribution is 2.11. The number of hydrogen-bond donors (Lipinski definition) is 1. The van der Waals surface area contributed by atoms with Crippen LogP contribution in [-0.2, 0) is 11.8 Å². The van der Waals surface area contributed by atoms with E-state index in [0.717, 1.165) is 18.8 Å². The van der Waals surface area contributed by atoms with Crippen LogP contribution in [0.1, 0.15) is 57.3 Å². The fourth-order valence-electron chi connectivity index (χ4n) is 2.89. The quantitative estimate of drug-likeness (QED) is 0.866. The van der Waals surface area contributed by atoms with Crippen molar-refractivity contribution < 1.29 is 4.79 Å². The van der Waals surface area contributed by atoms with Crippen LogP contribution in [0.25, 0.3) is 0 Å². The Labute approximate surface area is 126 Å². The summed E-state index contributed by atoms with van der Waals surface area (Å²) in [6.45, 7) is 5.36. The topological polar surface area (TPSA) is 63.1 Å². The van der Waals surface area contributed by atoms with Gasteiger partial charge in [-0.05, 0) is 45.8 Å². The van der Waals surface area contributed by atoms with E-state index in [1.54, 1.807) is 6.33 Å². The molecule has 1 atom stereocenters. The lowest BCUT2D eigenvalue weighted by Crippen LogP contribution is -2.30. The van der Waals surface area contributed by atoms with Crippen LogP contribution in [0.3, 0.4) is 0 Å². The molecule has 2 heterocycles. The molecule has 1 aromatic heterocycles. The number of aryl methyl sites for hydroxylation is 1. The van der Waals surface area contributed by atoms with Gasteiger partial charge in [0.1, 0.15) is 6.33 Å². The van der Waals surface area contributed by atoms with Gasteiger partial charge < -0.3 is 14.8 Å². The highest BCUT2D eigenvalue weighted by atomic mass is 16.1. The summed E-state index contributed by atoms with van der Waals surface area (Å²) in [6.07, 6.45) is 8.47. The molecule has 6 heteroatoms. The molecule has 0 spiro atoms. The van der Waals surface area contributed by atoms with Gasteiger partial charge in [0.25, 0.3) is 0 Å². The van der Waals surface area contributed by atoms with Gasteiger partial charge >= 0.3 is 0 Å². The molecule has 6 nitrogen and oxygen atoms in total. The summed E-state index contributed by atoms with van der Waals surface area (Å²) in [4.78, 5) is 14.5. The Morgan fingerprint density at radius 1 is 1.33 bits per heavy atom. The Morgan fingerprint density at radius 3 is 2.67 bits per heavy atom. The zero-order valence-electron chi connectivity index (χ0n) is 13.2. The SMILES string of the molecule is C[C@H](NC(=O)CCCN1CCCCCC1)c1nncn1C. The lowest BCUT2D eigenvalue weighted by Gasteiger charge is -2.19. The summed E-state index contributed by atoms with van der Waals surface area (Å²) in [5.74, 6) is 0.885. The Hall–Kier alpha value is -1.43. The van der Waals surface area contributed by atoms with Crippen LogP contribution in [-0.4, -0.2) is 45.2 Å². The van der Waals surface area contributed by atoms with Crippen molar-refractivity contribution in [1.29, 1.82) is 0 Å². The standard InChI is InChI=1S/C15H27N5O/c1-13(15-18-16-12-19(15)2)17-14(21)8-7-11-20-9-5-3-4-6-10-20/h12-13H,3-11H2,1-2H3,(H,17,21)/t13-/m0/s1. The van der Waals surface area contributed by atoms with E-state index in [9.17, 15) is 4.79 Å². The Kier molecular flexibility index (Phi) is 6.17. The fraction of sp³-hybridized carbons (Fsp3) is 0.800. The predicted molar refractivity (Wildman–Crippen MR) is 81.7 cm³/mol. The molecule has 0 aliphatic carbocycles. The molecule has 0 unspecified atom stereocenters. The molecule has 118 valence electrons. The van der Waals surface area contributed by atoms with Crippen molar-refractivity contribution >= 4 is 5.91 Å². The molecule has 1 amide bonds. The fourth-order valence-corrected chi connectivity index (χ4v) is 2.89. The molecular weight excluding hydrogens is 266 g/mol. The highest BCUT2D eigenvalue weighted by Gasteiger charge is 2.14. The van der Waals surface area contributed by atoms with Crippen molar-refractivity contribution in [2.45, 2.75) is 51.5 Å². The number of carbonyl (C=O) groups is 1. The van der Waals surface area contributed by atoms with E-state index in [1.807, 2.05) is 18.5 Å². The van der Waals surface area contributed by atoms with Crippen molar-refractivity contribution in [2.75, 3.05) is 19.6 Å². The number of amides is 1. The summed E-state index contributed by atoms with van der Waals surface area (Å²) in [5.41, 5.74) is 0. The first kappa shape index (κ1) is 15.9. The van der Waals surface area contributed by atoms with Gasteiger partial charge in [0.2, 0.25) is 5.91 Å². The molecule has 21 heavy (non-hydrogen) atoms. The molecule has 1 aliphatic rings. The minimum Gasteiger partial charge on any atom is -0.346 e. The zero-order chi connectivity index (χ0) is 15.1. The van der Waals surface area contributed by atoms with Crippen LogP contribution in [0.15, 0.2) is 6.33 Å². The molecule has 0 aromatic carbocycles. The van der Waals surface area contributed by atoms with E-state index in [0.29, 0.717) is 6.42 Å². The molecular formula is C15H27N5O. The number of nitrogens with one attached hydrogen (secondary N) is 1. The van der Waals surface area contributed by atoms with E-state index in [1.165, 1.54) is 38.8 Å². The van der Waals surface area contributed by atoms with Crippen molar-refractivity contribution in [3.63, 3.8) is 0 Å². The average Bonchev–Trinajstić information content (AvgIpc) is 2.72. The number of aromatic nitrogens is 3. The first-order chi connectivity index (χ1) is 10.2. The maximum Gasteiger partial charge on any atom is 0.220 e. The third kappa shape index (κ3) is 5.12. The molecule has 1 aromatic rings. The molecule has 0 bridgehead atoms. The molecule has 0 radical (unpaired) electrons. The summed E-state index contributed by atoms with van der Waals surface area (Å²) < 4.78 is 1.84. The van der Waals surface area contributed by atoms with Gasteiger partial charge in [-0.3, -0.25) is 4.79 Å². The van der Waals surface area contributed by atoms with Gasteiger partial charge in [-0.15, -0.1) is 10.2 Å². The van der Waals surface area contributed by atoms with E-state index >= 15 is 0 Å². The normalized spacial score (nSPS) is 18.2. The lowest BCUT2D eigenvalue weighted by atomic mass is 10.2. The zero-order valence-corrected chi connectivity index (χ0v) is 13.2. The molecule has 1 N–H and O–H groups in total. The van der Waals surface area contributed by atoms with E-state index < -0.39 is 0 Å². The van der Waals surface area contributed by atoms with Gasteiger partial charge in [0.15, 0.2) is 5.82 Å². The minimum absolute atomic E-state index is 0.0943. The van der Waals surface area contributed by atoms with Gasteiger partial charge in [0, 0.05) is 13.5 Å². The number of rotatable bonds is 6. The molecule has 1 aliphatic heterocycles. The predicted octanol–water partition coefficient (Wildman–Crippen LogP) is 1.65. The molecule has 0 saturated carbocycles. The third-order valence-electron chi connectivity index (χ3n) is 4.09. The van der Waals surface area contributed by atoms with Crippen LogP contribution < -0.4 is 5.32 Å². The number of nitrogens with zero attached hydrogens (tertiary/aromatic N) is 4. The van der Waals surface area contributed by atoms with Crippen LogP contribution in [0.5, 0.6) is 0 Å². The molecule has 1 fully saturated rings. The monoisotopic (exact) mass is 293 g/mol. The minimum atomic E-state index is -0.0943. The second-order valence-electron chi connectivity index (χ2n) is 5.95. The van der Waals surface area contributed by atoms with Crippen LogP contribution in [0, 0.1) is 0 Å². The van der Waals surface area contributed by atoms with Crippen molar-refractivity contribution in [3.05, 3.63) is 12.2 Å². The lowest BCUT2D eigenvalue weighted by molar-refractivity contribution is -0.121. The second-order valence-corrected chi connectivity index (χ2v) is 5.95. The summed E-state index contributed by atoms with van der Waals surface area (Å²) in [5, 5.41) is 10.9. The second kappa shape index (κ2) is 8.12. The van der Waals surface area contributed by atoms with Crippen LogP contribution >= 0.6 is 0 Å². The smallest absolute Gasteiger partial charge is 0.220 e. The van der Waals surface area contributed by atoms with Gasteiger partial charge in [0.05, 0.1) is 6.04 Å². The Bertz CT molecular complexity index is 437. The Morgan fingerprint density at radius 2 is 2.05 bits per heavy atom. The van der Waals surface area contributed by atoms with Gasteiger partial charge in [-0.2, -0.15) is 0 Å². The maximum atomic E-state index is 12.0. The van der Waals surface area contributed by atoms with Gasteiger partial charge in [-0.1, -0.05) is 12.8 Å². The van der Waals surface area contributed by atoms with Crippen LogP contribution in [0.2, 0.25) is 0 Å². The highest BCUT2D eigenvalue weighted by molar-refractivity contribution is 5.76. The van der Waals surface area contributed by atoms with Crippen molar-refractivity contribution in [2.24, 2.45) is 7.05 Å². The van der Waals surface area contributed by atoms with E-state index in [2.05, 4.69) is 20.4 Å². The van der Waals surface area contributed by atoms with Crippen molar-refractivity contribution in [1.82, 2.24) is 25.0 Å². The van der Waals surface area contributed by atoms with Gasteiger partial charge in [-0.25, -0.2) is 0 Å². The molecule has 2 rings (SSSR count). The maximum absolute atomic E-state index is 12.0. The van der Waals surface area contributed by atoms with E-state index in [-0.39, 0.29) is 11.9 Å². The Balaban J connectivity index is 1.66. The average molecular weight is 293 g/mol. The number of carbonyl (C=O) groups excluding carboxylic acids is 1. The first-order valence-electron chi connectivity index (χ1n) is 8.02. The third-order valence-corrected chi connectivity index (χ3v) is 4.09. The van der Waals surface area contributed by atoms with Crippen LogP contribution in [0.4, 0.5) is 0 Å².